The van der Waals surface area contributed by atoms with Gasteiger partial charge in [0.2, 0.25) is 0 Å². The highest BCUT2D eigenvalue weighted by Gasteiger charge is 1.97. The van der Waals surface area contributed by atoms with Gasteiger partial charge in [0.25, 0.3) is 0 Å². The zero-order valence-corrected chi connectivity index (χ0v) is 5.49. The fourth-order valence-electron chi connectivity index (χ4n) is 0.369. The molecule has 1 unspecified atom stereocenters. The quantitative estimate of drug-likeness (QED) is 0.565. The average Bonchev–Trinajstić information content (AvgIpc) is 1.83. The molecule has 0 aromatic rings. The number of rotatable bonds is 4. The van der Waals surface area contributed by atoms with E-state index in [0.717, 1.165) is 0 Å². The second-order valence-corrected chi connectivity index (χ2v) is 2.28. The first-order chi connectivity index (χ1) is 5.70. The number of thiol groups is 1. The van der Waals surface area contributed by atoms with Crippen LogP contribution in [0.15, 0.2) is 0 Å². The third-order valence-electron chi connectivity index (χ3n) is 0.800. The van der Waals surface area contributed by atoms with Crippen molar-refractivity contribution in [1.82, 2.24) is 0 Å². The summed E-state index contributed by atoms with van der Waals surface area (Å²) in [5, 5.41) is 8.11. The summed E-state index contributed by atoms with van der Waals surface area (Å²) in [4.78, 5) is 0. The van der Waals surface area contributed by atoms with Crippen LogP contribution in [0.3, 0.4) is 0 Å². The molecular weight excluding hydrogens is 120 g/mol. The van der Waals surface area contributed by atoms with Crippen LogP contribution in [0, 0.1) is 0 Å². The highest BCUT2D eigenvalue weighted by atomic mass is 32.1. The molecule has 0 aliphatic heterocycles. The van der Waals surface area contributed by atoms with Crippen molar-refractivity contribution < 1.29 is 12.0 Å². The Bertz CT molecular complexity index is 158. The lowest BCUT2D eigenvalue weighted by molar-refractivity contribution is 0.285. The number of aliphatic hydroxyl groups is 1. The third kappa shape index (κ3) is 4.47. The molecule has 2 heteroatoms. The normalized spacial score (nSPS) is 26.5. The van der Waals surface area contributed by atoms with Gasteiger partial charge >= 0.3 is 0 Å². The Morgan fingerprint density at radius 2 is 2.62 bits per heavy atom. The maximum absolute atomic E-state index is 8.52. The predicted octanol–water partition coefficient (Wildman–Crippen LogP) is 1.47. The highest BCUT2D eigenvalue weighted by molar-refractivity contribution is 7.80. The average molecular weight is 139 g/mol. The summed E-state index contributed by atoms with van der Waals surface area (Å²) in [5.41, 5.74) is 0. The molecule has 0 aliphatic rings. The van der Waals surface area contributed by atoms with Crippen LogP contribution in [0.25, 0.3) is 0 Å². The van der Waals surface area contributed by atoms with Gasteiger partial charge in [-0.25, -0.2) is 0 Å². The molecule has 8 heavy (non-hydrogen) atoms. The maximum atomic E-state index is 8.52. The van der Waals surface area contributed by atoms with Gasteiger partial charge in [0.1, 0.15) is 0 Å². The van der Waals surface area contributed by atoms with E-state index in [-0.39, 0.29) is 13.0 Å². The Morgan fingerprint density at radius 1 is 1.88 bits per heavy atom. The van der Waals surface area contributed by atoms with Gasteiger partial charge in [0.15, 0.2) is 0 Å². The highest BCUT2D eigenvalue weighted by Crippen LogP contribution is 2.07. The minimum absolute atomic E-state index is 0.106. The van der Waals surface area contributed by atoms with Crippen molar-refractivity contribution in [3.8, 4) is 0 Å². The molecule has 0 heterocycles. The first-order valence-electron chi connectivity index (χ1n) is 4.99. The van der Waals surface area contributed by atoms with Crippen LogP contribution in [0.4, 0.5) is 0 Å². The number of aliphatic hydroxyl groups excluding tert-OH is 1. The van der Waals surface area contributed by atoms with Gasteiger partial charge in [0.05, 0.1) is 0 Å². The first-order valence-corrected chi connectivity index (χ1v) is 3.01. The van der Waals surface area contributed by atoms with E-state index in [2.05, 4.69) is 12.6 Å². The summed E-state index contributed by atoms with van der Waals surface area (Å²) < 4.78 is 35.3. The lowest BCUT2D eigenvalue weighted by atomic mass is 10.2. The van der Waals surface area contributed by atoms with Crippen molar-refractivity contribution in [3.05, 3.63) is 0 Å². The summed E-state index contributed by atoms with van der Waals surface area (Å²) in [5.74, 6) is 0. The van der Waals surface area contributed by atoms with E-state index in [1.165, 1.54) is 0 Å². The number of hydrogen-bond acceptors (Lipinski definition) is 2. The fraction of sp³-hybridized carbons (Fsp3) is 1.00. The molecular formula is C6H14OS. The van der Waals surface area contributed by atoms with Crippen molar-refractivity contribution in [2.45, 2.75) is 31.3 Å². The van der Waals surface area contributed by atoms with Gasteiger partial charge in [-0.2, -0.15) is 12.6 Å². The van der Waals surface area contributed by atoms with Crippen LogP contribution >= 0.6 is 12.6 Å². The van der Waals surface area contributed by atoms with Crippen LogP contribution in [0.2, 0.25) is 0 Å². The van der Waals surface area contributed by atoms with Crippen molar-refractivity contribution in [2.75, 3.05) is 6.61 Å². The molecule has 0 radical (unpaired) electrons. The summed E-state index contributed by atoms with van der Waals surface area (Å²) >= 11 is 3.99. The van der Waals surface area contributed by atoms with Crippen LogP contribution < -0.4 is 0 Å². The molecule has 0 aromatic heterocycles. The SMILES string of the molecule is [2H]C([2H])([2H])C([2H])([2H])CC(S)CCO. The standard InChI is InChI=1S/C6H14OS/c1-2-3-6(8)4-5-7/h6-8H,2-5H2,1H3/i1D3,2D2. The van der Waals surface area contributed by atoms with Crippen LogP contribution in [-0.2, 0) is 0 Å². The Morgan fingerprint density at radius 3 is 3.12 bits per heavy atom. The van der Waals surface area contributed by atoms with Gasteiger partial charge in [-0.1, -0.05) is 13.2 Å². The van der Waals surface area contributed by atoms with Crippen molar-refractivity contribution >= 4 is 12.6 Å². The van der Waals surface area contributed by atoms with E-state index in [1.807, 2.05) is 0 Å². The van der Waals surface area contributed by atoms with Gasteiger partial charge < -0.3 is 5.11 Å². The van der Waals surface area contributed by atoms with Crippen LogP contribution in [0.1, 0.15) is 32.9 Å². The van der Waals surface area contributed by atoms with E-state index >= 15 is 0 Å². The van der Waals surface area contributed by atoms with E-state index < -0.39 is 18.5 Å². The van der Waals surface area contributed by atoms with Crippen molar-refractivity contribution in [2.24, 2.45) is 0 Å². The molecule has 1 atom stereocenters. The molecule has 50 valence electrons. The largest absolute Gasteiger partial charge is 0.396 e. The third-order valence-corrected chi connectivity index (χ3v) is 1.24. The molecule has 1 nitrogen and oxygen atoms in total. The molecule has 0 amide bonds. The summed E-state index contributed by atoms with van der Waals surface area (Å²) in [6.07, 6.45) is -2.10. The minimum atomic E-state index is -2.62. The smallest absolute Gasteiger partial charge is 0.0441 e. The van der Waals surface area contributed by atoms with Gasteiger partial charge in [-0.05, 0) is 12.8 Å². The Labute approximate surface area is 63.5 Å². The molecule has 0 aromatic carbocycles. The second kappa shape index (κ2) is 5.45. The minimum Gasteiger partial charge on any atom is -0.396 e. The van der Waals surface area contributed by atoms with Gasteiger partial charge in [-0.15, -0.1) is 0 Å². The molecule has 0 fully saturated rings. The topological polar surface area (TPSA) is 20.2 Å². The second-order valence-electron chi connectivity index (χ2n) is 1.55. The summed E-state index contributed by atoms with van der Waals surface area (Å²) in [6, 6.07) is 0. The Balaban J connectivity index is 4.17. The molecule has 0 aliphatic carbocycles. The Hall–Kier alpha value is 0.310. The van der Waals surface area contributed by atoms with E-state index in [9.17, 15) is 0 Å². The fourth-order valence-corrected chi connectivity index (χ4v) is 0.576. The predicted molar refractivity (Wildman–Crippen MR) is 39.4 cm³/mol. The molecule has 0 bridgehead atoms. The van der Waals surface area contributed by atoms with Crippen LogP contribution in [-0.4, -0.2) is 17.0 Å². The van der Waals surface area contributed by atoms with E-state index in [0.29, 0.717) is 6.42 Å². The van der Waals surface area contributed by atoms with E-state index in [1.54, 1.807) is 0 Å². The molecule has 0 rings (SSSR count). The summed E-state index contributed by atoms with van der Waals surface area (Å²) in [7, 11) is 0. The molecule has 0 saturated carbocycles. The van der Waals surface area contributed by atoms with Gasteiger partial charge in [0, 0.05) is 18.7 Å². The zero-order valence-electron chi connectivity index (χ0n) is 9.59. The van der Waals surface area contributed by atoms with E-state index in [4.69, 9.17) is 12.0 Å². The molecule has 0 spiro atoms. The van der Waals surface area contributed by atoms with Gasteiger partial charge in [-0.3, -0.25) is 0 Å². The maximum Gasteiger partial charge on any atom is 0.0441 e. The lowest BCUT2D eigenvalue weighted by Crippen LogP contribution is -1.99. The Kier molecular flexibility index (Phi) is 2.00. The molecule has 1 N–H and O–H groups in total. The first kappa shape index (κ1) is 2.93. The zero-order chi connectivity index (χ0) is 10.7. The molecule has 0 saturated heterocycles. The monoisotopic (exact) mass is 139 g/mol. The summed E-state index contributed by atoms with van der Waals surface area (Å²) in [6.45, 7) is -2.73. The lowest BCUT2D eigenvalue weighted by Gasteiger charge is -2.04. The number of hydrogen-bond donors (Lipinski definition) is 2. The van der Waals surface area contributed by atoms with Crippen LogP contribution in [0.5, 0.6) is 0 Å². The van der Waals surface area contributed by atoms with Crippen molar-refractivity contribution in [1.29, 1.82) is 0 Å². The van der Waals surface area contributed by atoms with Crippen molar-refractivity contribution in [3.63, 3.8) is 0 Å².